The van der Waals surface area contributed by atoms with Crippen LogP contribution in [0.4, 0.5) is 8.78 Å². The van der Waals surface area contributed by atoms with Gasteiger partial charge in [0, 0.05) is 5.56 Å². The second-order valence-corrected chi connectivity index (χ2v) is 5.27. The lowest BCUT2D eigenvalue weighted by molar-refractivity contribution is -0.0518. The number of ketones is 1. The van der Waals surface area contributed by atoms with Gasteiger partial charge in [0.1, 0.15) is 5.56 Å². The highest BCUT2D eigenvalue weighted by atomic mass is 19.3. The Morgan fingerprint density at radius 2 is 1.77 bits per heavy atom. The van der Waals surface area contributed by atoms with Crippen LogP contribution in [0.2, 0.25) is 0 Å². The van der Waals surface area contributed by atoms with Crippen molar-refractivity contribution in [1.82, 2.24) is 0 Å². The minimum atomic E-state index is -3.14. The monoisotopic (exact) mass is 364 g/mol. The van der Waals surface area contributed by atoms with Crippen LogP contribution in [-0.2, 0) is 11.2 Å². The zero-order valence-electron chi connectivity index (χ0n) is 14.3. The molecule has 0 unspecified atom stereocenters. The lowest BCUT2D eigenvalue weighted by atomic mass is 10.1. The maximum absolute atomic E-state index is 12.6. The van der Waals surface area contributed by atoms with E-state index in [0.717, 1.165) is 12.0 Å². The third-order valence-electron chi connectivity index (χ3n) is 3.64. The number of para-hydroxylation sites is 1. The zero-order chi connectivity index (χ0) is 19.1. The molecular weight excluding hydrogens is 346 g/mol. The Hall–Kier alpha value is -2.96. The molecule has 2 aromatic carbocycles. The van der Waals surface area contributed by atoms with E-state index in [1.165, 1.54) is 25.3 Å². The van der Waals surface area contributed by atoms with Crippen LogP contribution in [-0.4, -0.2) is 32.1 Å². The molecule has 5 nitrogen and oxygen atoms in total. The maximum atomic E-state index is 12.6. The molecule has 0 saturated carbocycles. The van der Waals surface area contributed by atoms with Crippen molar-refractivity contribution in [2.45, 2.75) is 20.0 Å². The van der Waals surface area contributed by atoms with Gasteiger partial charge in [-0.25, -0.2) is 4.79 Å². The third kappa shape index (κ3) is 4.78. The van der Waals surface area contributed by atoms with Crippen LogP contribution < -0.4 is 9.47 Å². The average Bonchev–Trinajstić information content (AvgIpc) is 2.65. The number of halogens is 2. The van der Waals surface area contributed by atoms with Gasteiger partial charge in [-0.2, -0.15) is 8.78 Å². The van der Waals surface area contributed by atoms with Gasteiger partial charge < -0.3 is 14.2 Å². The molecule has 7 heteroatoms. The molecule has 0 N–H and O–H groups in total. The number of carbonyl (C=O) groups is 2. The number of benzene rings is 2. The number of methoxy groups -OCH3 is 1. The van der Waals surface area contributed by atoms with Gasteiger partial charge in [-0.1, -0.05) is 37.3 Å². The first-order chi connectivity index (χ1) is 12.5. The Bertz CT molecular complexity index is 772. The van der Waals surface area contributed by atoms with Crippen LogP contribution in [0.25, 0.3) is 0 Å². The molecule has 0 aromatic heterocycles. The molecule has 2 aromatic rings. The molecule has 0 aliphatic rings. The topological polar surface area (TPSA) is 61.8 Å². The molecule has 0 aliphatic carbocycles. The van der Waals surface area contributed by atoms with Crippen molar-refractivity contribution in [3.05, 3.63) is 59.2 Å². The molecule has 0 spiro atoms. The van der Waals surface area contributed by atoms with Gasteiger partial charge in [0.05, 0.1) is 7.11 Å². The molecule has 2 rings (SSSR count). The fraction of sp³-hybridized carbons (Fsp3) is 0.263. The number of aryl methyl sites for hydroxylation is 1. The number of alkyl halides is 2. The van der Waals surface area contributed by atoms with Gasteiger partial charge in [-0.05, 0) is 24.1 Å². The van der Waals surface area contributed by atoms with E-state index in [-0.39, 0.29) is 11.3 Å². The SMILES string of the molecule is CCc1ccc(C(=O)COC(=O)c2cccc(OC)c2OC(F)F)cc1. The minimum Gasteiger partial charge on any atom is -0.493 e. The Balaban J connectivity index is 2.10. The van der Waals surface area contributed by atoms with Gasteiger partial charge >= 0.3 is 12.6 Å². The van der Waals surface area contributed by atoms with Crippen molar-refractivity contribution in [1.29, 1.82) is 0 Å². The molecule has 0 amide bonds. The standard InChI is InChI=1S/C19H18F2O5/c1-3-12-7-9-13(10-8-12)15(22)11-25-18(23)14-5-4-6-16(24-2)17(14)26-19(20)21/h4-10,19H,3,11H2,1-2H3. The first-order valence-electron chi connectivity index (χ1n) is 7.87. The largest absolute Gasteiger partial charge is 0.493 e. The quantitative estimate of drug-likeness (QED) is 0.525. The molecule has 138 valence electrons. The van der Waals surface area contributed by atoms with E-state index in [1.807, 2.05) is 19.1 Å². The fourth-order valence-corrected chi connectivity index (χ4v) is 2.27. The molecule has 0 atom stereocenters. The minimum absolute atomic E-state index is 0.0405. The van der Waals surface area contributed by atoms with Crippen LogP contribution >= 0.6 is 0 Å². The van der Waals surface area contributed by atoms with E-state index in [1.54, 1.807) is 12.1 Å². The molecule has 0 aliphatic heterocycles. The van der Waals surface area contributed by atoms with Crippen LogP contribution in [0.5, 0.6) is 11.5 Å². The maximum Gasteiger partial charge on any atom is 0.387 e. The number of esters is 1. The second-order valence-electron chi connectivity index (χ2n) is 5.27. The summed E-state index contributed by atoms with van der Waals surface area (Å²) >= 11 is 0. The third-order valence-corrected chi connectivity index (χ3v) is 3.64. The van der Waals surface area contributed by atoms with Crippen LogP contribution in [0.3, 0.4) is 0 Å². The summed E-state index contributed by atoms with van der Waals surface area (Å²) < 4.78 is 39.4. The van der Waals surface area contributed by atoms with Gasteiger partial charge in [0.25, 0.3) is 0 Å². The van der Waals surface area contributed by atoms with E-state index < -0.39 is 30.7 Å². The van der Waals surface area contributed by atoms with Gasteiger partial charge in [0.15, 0.2) is 23.9 Å². The number of Topliss-reactive ketones (excluding diaryl/α,β-unsaturated/α-hetero) is 1. The van der Waals surface area contributed by atoms with Gasteiger partial charge in [-0.3, -0.25) is 4.79 Å². The molecule has 26 heavy (non-hydrogen) atoms. The Morgan fingerprint density at radius 1 is 1.08 bits per heavy atom. The summed E-state index contributed by atoms with van der Waals surface area (Å²) in [5.74, 6) is -1.84. The van der Waals surface area contributed by atoms with Crippen LogP contribution in [0.15, 0.2) is 42.5 Å². The first kappa shape index (κ1) is 19.4. The highest BCUT2D eigenvalue weighted by Gasteiger charge is 2.22. The van der Waals surface area contributed by atoms with Gasteiger partial charge in [-0.15, -0.1) is 0 Å². The van der Waals surface area contributed by atoms with Crippen LogP contribution in [0.1, 0.15) is 33.2 Å². The summed E-state index contributed by atoms with van der Waals surface area (Å²) in [4.78, 5) is 24.3. The van der Waals surface area contributed by atoms with Crippen molar-refractivity contribution in [3.63, 3.8) is 0 Å². The Morgan fingerprint density at radius 3 is 2.35 bits per heavy atom. The summed E-state index contributed by atoms with van der Waals surface area (Å²) in [5, 5.41) is 0. The summed E-state index contributed by atoms with van der Waals surface area (Å²) in [6.45, 7) is -1.67. The number of rotatable bonds is 8. The first-order valence-corrected chi connectivity index (χ1v) is 7.87. The van der Waals surface area contributed by atoms with Crippen molar-refractivity contribution in [2.75, 3.05) is 13.7 Å². The number of carbonyl (C=O) groups excluding carboxylic acids is 2. The molecule has 0 fully saturated rings. The molecular formula is C19H18F2O5. The zero-order valence-corrected chi connectivity index (χ0v) is 14.3. The number of hydrogen-bond acceptors (Lipinski definition) is 5. The summed E-state index contributed by atoms with van der Waals surface area (Å²) in [7, 11) is 1.26. The normalized spacial score (nSPS) is 10.5. The Labute approximate surface area is 149 Å². The summed E-state index contributed by atoms with van der Waals surface area (Å²) in [5.41, 5.74) is 1.21. The number of ether oxygens (including phenoxy) is 3. The molecule has 0 bridgehead atoms. The smallest absolute Gasteiger partial charge is 0.387 e. The van der Waals surface area contributed by atoms with E-state index in [0.29, 0.717) is 5.56 Å². The van der Waals surface area contributed by atoms with Crippen molar-refractivity contribution >= 4 is 11.8 Å². The average molecular weight is 364 g/mol. The molecule has 0 heterocycles. The predicted molar refractivity (Wildman–Crippen MR) is 90.1 cm³/mol. The number of hydrogen-bond donors (Lipinski definition) is 0. The summed E-state index contributed by atoms with van der Waals surface area (Å²) in [6.07, 6.45) is 0.839. The van der Waals surface area contributed by atoms with Crippen molar-refractivity contribution in [2.24, 2.45) is 0 Å². The molecule has 0 radical (unpaired) electrons. The lowest BCUT2D eigenvalue weighted by Crippen LogP contribution is -2.16. The van der Waals surface area contributed by atoms with Gasteiger partial charge in [0.2, 0.25) is 0 Å². The van der Waals surface area contributed by atoms with Crippen LogP contribution in [0, 0.1) is 0 Å². The second kappa shape index (κ2) is 8.94. The highest BCUT2D eigenvalue weighted by molar-refractivity contribution is 6.00. The van der Waals surface area contributed by atoms with Crippen molar-refractivity contribution < 1.29 is 32.6 Å². The lowest BCUT2D eigenvalue weighted by Gasteiger charge is -2.13. The van der Waals surface area contributed by atoms with E-state index in [9.17, 15) is 18.4 Å². The van der Waals surface area contributed by atoms with E-state index >= 15 is 0 Å². The fourth-order valence-electron chi connectivity index (χ4n) is 2.27. The summed E-state index contributed by atoms with van der Waals surface area (Å²) in [6, 6.07) is 11.0. The van der Waals surface area contributed by atoms with E-state index in [2.05, 4.69) is 4.74 Å². The van der Waals surface area contributed by atoms with E-state index in [4.69, 9.17) is 9.47 Å². The predicted octanol–water partition coefficient (Wildman–Crippen LogP) is 3.90. The van der Waals surface area contributed by atoms with Crippen molar-refractivity contribution in [3.8, 4) is 11.5 Å². The highest BCUT2D eigenvalue weighted by Crippen LogP contribution is 2.32. The molecule has 0 saturated heterocycles. The Kier molecular flexibility index (Phi) is 6.66.